The number of aryl methyl sites for hydroxylation is 2. The third kappa shape index (κ3) is 5.26. The lowest BCUT2D eigenvalue weighted by atomic mass is 9.99. The van der Waals surface area contributed by atoms with Crippen molar-refractivity contribution < 1.29 is 24.2 Å². The smallest absolute Gasteiger partial charge is 0.259 e. The van der Waals surface area contributed by atoms with Crippen LogP contribution in [0.1, 0.15) is 58.8 Å². The van der Waals surface area contributed by atoms with Crippen LogP contribution < -0.4 is 19.7 Å². The summed E-state index contributed by atoms with van der Waals surface area (Å²) in [4.78, 5) is 29.8. The normalized spacial score (nSPS) is 15.7. The van der Waals surface area contributed by atoms with Crippen LogP contribution in [0.4, 0.5) is 5.69 Å². The summed E-state index contributed by atoms with van der Waals surface area (Å²) in [5, 5.41) is 13.1. The number of carbonyl (C=O) groups excluding carboxylic acids is 2. The van der Waals surface area contributed by atoms with Crippen LogP contribution in [0.25, 0.3) is 0 Å². The number of hydrogen-bond acceptors (Lipinski definition) is 5. The fourth-order valence-electron chi connectivity index (χ4n) is 5.18. The van der Waals surface area contributed by atoms with Gasteiger partial charge in [-0.1, -0.05) is 42.7 Å². The molecule has 2 amide bonds. The largest absolute Gasteiger partial charge is 0.508 e. The van der Waals surface area contributed by atoms with Gasteiger partial charge >= 0.3 is 0 Å². The second kappa shape index (κ2) is 10.5. The molecule has 1 aliphatic carbocycles. The molecule has 1 unspecified atom stereocenters. The van der Waals surface area contributed by atoms with E-state index in [-0.39, 0.29) is 23.6 Å². The number of ether oxygens (including phenoxy) is 2. The average Bonchev–Trinajstić information content (AvgIpc) is 3.41. The summed E-state index contributed by atoms with van der Waals surface area (Å²) in [6, 6.07) is 16.6. The first kappa shape index (κ1) is 24.7. The Hall–Kier alpha value is -4.00. The van der Waals surface area contributed by atoms with Crippen molar-refractivity contribution in [1.82, 2.24) is 5.32 Å². The molecule has 3 aromatic rings. The van der Waals surface area contributed by atoms with Crippen molar-refractivity contribution in [1.29, 1.82) is 0 Å². The zero-order chi connectivity index (χ0) is 25.9. The summed E-state index contributed by atoms with van der Waals surface area (Å²) in [6.45, 7) is 4.80. The van der Waals surface area contributed by atoms with Crippen molar-refractivity contribution in [2.45, 2.75) is 51.6 Å². The van der Waals surface area contributed by atoms with Gasteiger partial charge in [-0.05, 0) is 74.2 Å². The first-order valence-corrected chi connectivity index (χ1v) is 12.8. The maximum absolute atomic E-state index is 14.3. The van der Waals surface area contributed by atoms with E-state index in [0.29, 0.717) is 41.5 Å². The first-order chi connectivity index (χ1) is 17.9. The van der Waals surface area contributed by atoms with E-state index in [2.05, 4.69) is 5.32 Å². The quantitative estimate of drug-likeness (QED) is 0.484. The molecule has 0 saturated heterocycles. The van der Waals surface area contributed by atoms with Gasteiger partial charge in [0, 0.05) is 17.3 Å². The number of hydrogen-bond donors (Lipinski definition) is 2. The molecule has 7 heteroatoms. The minimum Gasteiger partial charge on any atom is -0.508 e. The van der Waals surface area contributed by atoms with Crippen LogP contribution in [0, 0.1) is 13.8 Å². The molecule has 0 aromatic heterocycles. The topological polar surface area (TPSA) is 88.1 Å². The second-order valence-electron chi connectivity index (χ2n) is 9.81. The number of rotatable bonds is 6. The van der Waals surface area contributed by atoms with E-state index in [1.165, 1.54) is 0 Å². The van der Waals surface area contributed by atoms with Gasteiger partial charge < -0.3 is 19.9 Å². The molecule has 5 rings (SSSR count). The zero-order valence-corrected chi connectivity index (χ0v) is 21.2. The monoisotopic (exact) mass is 500 g/mol. The van der Waals surface area contributed by atoms with Crippen LogP contribution in [-0.2, 0) is 4.79 Å². The Bertz CT molecular complexity index is 1300. The number of fused-ring (bicyclic) bond motifs is 1. The maximum Gasteiger partial charge on any atom is 0.259 e. The predicted octanol–water partition coefficient (Wildman–Crippen LogP) is 5.23. The summed E-state index contributed by atoms with van der Waals surface area (Å²) in [6.07, 6.45) is 4.00. The van der Waals surface area contributed by atoms with E-state index in [1.54, 1.807) is 47.4 Å². The lowest BCUT2D eigenvalue weighted by Crippen LogP contribution is -2.46. The second-order valence-corrected chi connectivity index (χ2v) is 9.81. The van der Waals surface area contributed by atoms with Crippen LogP contribution in [0.3, 0.4) is 0 Å². The van der Waals surface area contributed by atoms with Gasteiger partial charge in [0.05, 0.1) is 0 Å². The van der Waals surface area contributed by atoms with Crippen LogP contribution in [0.2, 0.25) is 0 Å². The standard InChI is InChI=1S/C30H32N2O5/c1-19-7-13-25(20(2)17-19)32(30(35)22-10-14-26-27(18-22)37-16-15-36-26)28(21-8-11-24(33)12-9-21)29(34)31-23-5-3-4-6-23/h7-14,17-18,23,28,33H,3-6,15-16H2,1-2H3,(H,31,34). The molecule has 1 aliphatic heterocycles. The Morgan fingerprint density at radius 1 is 0.919 bits per heavy atom. The maximum atomic E-state index is 14.3. The number of phenolic OH excluding ortho intramolecular Hbond substituents is 1. The van der Waals surface area contributed by atoms with E-state index in [0.717, 1.165) is 36.8 Å². The lowest BCUT2D eigenvalue weighted by molar-refractivity contribution is -0.123. The van der Waals surface area contributed by atoms with Crippen LogP contribution in [0.5, 0.6) is 17.2 Å². The van der Waals surface area contributed by atoms with Crippen molar-refractivity contribution in [3.05, 3.63) is 82.9 Å². The number of anilines is 1. The van der Waals surface area contributed by atoms with Crippen LogP contribution in [0.15, 0.2) is 60.7 Å². The van der Waals surface area contributed by atoms with Gasteiger partial charge in [-0.3, -0.25) is 14.5 Å². The van der Waals surface area contributed by atoms with E-state index < -0.39 is 6.04 Å². The Labute approximate surface area is 217 Å². The van der Waals surface area contributed by atoms with Crippen molar-refractivity contribution in [2.24, 2.45) is 0 Å². The number of aromatic hydroxyl groups is 1. The molecule has 0 radical (unpaired) electrons. The van der Waals surface area contributed by atoms with Crippen LogP contribution >= 0.6 is 0 Å². The van der Waals surface area contributed by atoms with Crippen molar-refractivity contribution >= 4 is 17.5 Å². The van der Waals surface area contributed by atoms with Crippen molar-refractivity contribution in [3.63, 3.8) is 0 Å². The number of benzene rings is 3. The van der Waals surface area contributed by atoms with Crippen molar-refractivity contribution in [2.75, 3.05) is 18.1 Å². The summed E-state index contributed by atoms with van der Waals surface area (Å²) >= 11 is 0. The molecule has 192 valence electrons. The number of carbonyl (C=O) groups is 2. The fourth-order valence-corrected chi connectivity index (χ4v) is 5.18. The highest BCUT2D eigenvalue weighted by Gasteiger charge is 2.36. The predicted molar refractivity (Wildman–Crippen MR) is 141 cm³/mol. The number of nitrogens with one attached hydrogen (secondary N) is 1. The summed E-state index contributed by atoms with van der Waals surface area (Å²) in [5.41, 5.74) is 3.58. The summed E-state index contributed by atoms with van der Waals surface area (Å²) in [5.74, 6) is 0.617. The van der Waals surface area contributed by atoms with Gasteiger partial charge in [0.25, 0.3) is 5.91 Å². The lowest BCUT2D eigenvalue weighted by Gasteiger charge is -2.33. The third-order valence-corrected chi connectivity index (χ3v) is 7.04. The zero-order valence-electron chi connectivity index (χ0n) is 21.2. The molecule has 7 nitrogen and oxygen atoms in total. The van der Waals surface area contributed by atoms with Gasteiger partial charge in [0.1, 0.15) is 25.0 Å². The molecule has 1 saturated carbocycles. The highest BCUT2D eigenvalue weighted by Crippen LogP contribution is 2.36. The molecule has 0 bridgehead atoms. The third-order valence-electron chi connectivity index (χ3n) is 7.04. The minimum absolute atomic E-state index is 0.0810. The molecule has 1 atom stereocenters. The molecule has 2 N–H and O–H groups in total. The summed E-state index contributed by atoms with van der Waals surface area (Å²) in [7, 11) is 0. The number of amides is 2. The first-order valence-electron chi connectivity index (χ1n) is 12.8. The van der Waals surface area contributed by atoms with Crippen LogP contribution in [-0.4, -0.2) is 36.2 Å². The Kier molecular flexibility index (Phi) is 7.04. The molecule has 1 fully saturated rings. The molecular formula is C30H32N2O5. The fraction of sp³-hybridized carbons (Fsp3) is 0.333. The Morgan fingerprint density at radius 2 is 1.62 bits per heavy atom. The molecular weight excluding hydrogens is 468 g/mol. The number of phenols is 1. The highest BCUT2D eigenvalue weighted by atomic mass is 16.6. The van der Waals surface area contributed by atoms with Gasteiger partial charge in [0.2, 0.25) is 5.91 Å². The summed E-state index contributed by atoms with van der Waals surface area (Å²) < 4.78 is 11.4. The number of nitrogens with zero attached hydrogens (tertiary/aromatic N) is 1. The van der Waals surface area contributed by atoms with E-state index in [9.17, 15) is 14.7 Å². The molecule has 2 aliphatic rings. The van der Waals surface area contributed by atoms with E-state index in [4.69, 9.17) is 9.47 Å². The Balaban J connectivity index is 1.62. The molecule has 1 heterocycles. The van der Waals surface area contributed by atoms with Gasteiger partial charge in [-0.15, -0.1) is 0 Å². The van der Waals surface area contributed by atoms with Crippen molar-refractivity contribution in [3.8, 4) is 17.2 Å². The van der Waals surface area contributed by atoms with Gasteiger partial charge in [-0.25, -0.2) is 0 Å². The highest BCUT2D eigenvalue weighted by molar-refractivity contribution is 6.10. The van der Waals surface area contributed by atoms with Gasteiger partial charge in [0.15, 0.2) is 11.5 Å². The van der Waals surface area contributed by atoms with E-state index in [1.807, 2.05) is 32.0 Å². The minimum atomic E-state index is -0.941. The molecule has 3 aromatic carbocycles. The molecule has 0 spiro atoms. The van der Waals surface area contributed by atoms with Gasteiger partial charge in [-0.2, -0.15) is 0 Å². The Morgan fingerprint density at radius 3 is 2.32 bits per heavy atom. The SMILES string of the molecule is Cc1ccc(N(C(=O)c2ccc3c(c2)OCCO3)C(C(=O)NC2CCCC2)c2ccc(O)cc2)c(C)c1. The van der Waals surface area contributed by atoms with E-state index >= 15 is 0 Å². The average molecular weight is 501 g/mol. The molecule has 37 heavy (non-hydrogen) atoms.